The summed E-state index contributed by atoms with van der Waals surface area (Å²) in [5, 5.41) is 9.48. The minimum absolute atomic E-state index is 0.103. The first kappa shape index (κ1) is 19.3. The Bertz CT molecular complexity index is 1180. The lowest BCUT2D eigenvalue weighted by molar-refractivity contribution is -0.118. The third-order valence-electron chi connectivity index (χ3n) is 5.62. The number of hydrogen-bond acceptors (Lipinski definition) is 4. The minimum atomic E-state index is -0.342. The van der Waals surface area contributed by atoms with E-state index >= 15 is 0 Å². The van der Waals surface area contributed by atoms with E-state index in [1.54, 1.807) is 0 Å². The van der Waals surface area contributed by atoms with Crippen molar-refractivity contribution in [1.29, 1.82) is 0 Å². The average Bonchev–Trinajstić information content (AvgIpc) is 3.10. The van der Waals surface area contributed by atoms with Crippen LogP contribution in [0, 0.1) is 5.41 Å². The Kier molecular flexibility index (Phi) is 4.49. The molecule has 2 aliphatic rings. The molecule has 1 N–H and O–H groups in total. The quantitative estimate of drug-likeness (QED) is 0.539. The molecular formula is C23H20Cl2N4O. The van der Waals surface area contributed by atoms with Crippen molar-refractivity contribution in [2.45, 2.75) is 32.7 Å². The first-order valence-corrected chi connectivity index (χ1v) is 10.6. The van der Waals surface area contributed by atoms with Crippen LogP contribution < -0.4 is 5.32 Å². The Hall–Kier alpha value is -2.63. The highest BCUT2D eigenvalue weighted by atomic mass is 35.5. The summed E-state index contributed by atoms with van der Waals surface area (Å²) in [6, 6.07) is 14.6. The van der Waals surface area contributed by atoms with E-state index < -0.39 is 0 Å². The van der Waals surface area contributed by atoms with Gasteiger partial charge in [-0.3, -0.25) is 4.79 Å². The molecule has 2 aromatic carbocycles. The lowest BCUT2D eigenvalue weighted by atomic mass is 9.73. The van der Waals surface area contributed by atoms with Gasteiger partial charge in [0.1, 0.15) is 6.04 Å². The van der Waals surface area contributed by atoms with E-state index in [0.717, 1.165) is 28.8 Å². The normalized spacial score (nSPS) is 19.9. The van der Waals surface area contributed by atoms with E-state index in [0.29, 0.717) is 28.2 Å². The molecule has 0 saturated carbocycles. The second kappa shape index (κ2) is 6.96. The predicted molar refractivity (Wildman–Crippen MR) is 119 cm³/mol. The first-order valence-electron chi connectivity index (χ1n) is 9.82. The van der Waals surface area contributed by atoms with Crippen LogP contribution in [0.3, 0.4) is 0 Å². The highest BCUT2D eigenvalue weighted by Crippen LogP contribution is 2.45. The number of carbonyl (C=O) groups excluding carboxylic acids is 1. The third kappa shape index (κ3) is 3.32. The third-order valence-corrected chi connectivity index (χ3v) is 6.12. The zero-order chi connectivity index (χ0) is 21.0. The molecule has 1 atom stereocenters. The van der Waals surface area contributed by atoms with Gasteiger partial charge in [-0.2, -0.15) is 4.98 Å². The molecule has 0 bridgehead atoms. The molecule has 3 aromatic rings. The van der Waals surface area contributed by atoms with E-state index in [9.17, 15) is 4.79 Å². The maximum atomic E-state index is 13.2. The molecule has 0 spiro atoms. The molecule has 2 heterocycles. The monoisotopic (exact) mass is 438 g/mol. The van der Waals surface area contributed by atoms with Crippen LogP contribution in [-0.2, 0) is 4.79 Å². The van der Waals surface area contributed by atoms with Gasteiger partial charge < -0.3 is 5.32 Å². The summed E-state index contributed by atoms with van der Waals surface area (Å²) >= 11 is 12.1. The van der Waals surface area contributed by atoms with Crippen LogP contribution in [0.2, 0.25) is 10.0 Å². The summed E-state index contributed by atoms with van der Waals surface area (Å²) in [5.74, 6) is 1.35. The summed E-state index contributed by atoms with van der Waals surface area (Å²) in [5.41, 5.74) is 3.41. The van der Waals surface area contributed by atoms with Crippen molar-refractivity contribution in [3.63, 3.8) is 0 Å². The molecule has 0 radical (unpaired) electrons. The molecule has 7 heteroatoms. The second-order valence-electron chi connectivity index (χ2n) is 8.62. The molecule has 152 valence electrons. The lowest BCUT2D eigenvalue weighted by Crippen LogP contribution is -2.36. The number of allylic oxidation sites excluding steroid dienone is 2. The summed E-state index contributed by atoms with van der Waals surface area (Å²) in [7, 11) is 0. The van der Waals surface area contributed by atoms with Gasteiger partial charge in [0, 0.05) is 33.3 Å². The van der Waals surface area contributed by atoms with Crippen molar-refractivity contribution in [2.24, 2.45) is 5.41 Å². The molecule has 5 rings (SSSR count). The molecule has 0 amide bonds. The molecule has 30 heavy (non-hydrogen) atoms. The summed E-state index contributed by atoms with van der Waals surface area (Å²) < 4.78 is 1.81. The van der Waals surface area contributed by atoms with Gasteiger partial charge >= 0.3 is 0 Å². The first-order chi connectivity index (χ1) is 14.3. The fourth-order valence-electron chi connectivity index (χ4n) is 4.28. The summed E-state index contributed by atoms with van der Waals surface area (Å²) in [6.45, 7) is 4.23. The number of carbonyl (C=O) groups is 1. The highest BCUT2D eigenvalue weighted by molar-refractivity contribution is 6.30. The SMILES string of the molecule is CC1(C)CC(=O)C2=C(C1)Nc1nc(-c3ccc(Cl)cc3)nn1C2c1ccc(Cl)cc1. The van der Waals surface area contributed by atoms with Crippen molar-refractivity contribution >= 4 is 34.9 Å². The van der Waals surface area contributed by atoms with E-state index in [2.05, 4.69) is 19.2 Å². The van der Waals surface area contributed by atoms with Gasteiger partial charge in [0.2, 0.25) is 5.95 Å². The predicted octanol–water partition coefficient (Wildman–Crippen LogP) is 5.91. The zero-order valence-corrected chi connectivity index (χ0v) is 18.1. The maximum absolute atomic E-state index is 13.2. The van der Waals surface area contributed by atoms with E-state index in [1.807, 2.05) is 53.2 Å². The zero-order valence-electron chi connectivity index (χ0n) is 16.6. The number of anilines is 1. The molecule has 0 fully saturated rings. The van der Waals surface area contributed by atoms with Gasteiger partial charge in [-0.25, -0.2) is 4.68 Å². The van der Waals surface area contributed by atoms with E-state index in [4.69, 9.17) is 33.3 Å². The minimum Gasteiger partial charge on any atom is -0.328 e. The number of nitrogens with zero attached hydrogens (tertiary/aromatic N) is 3. The molecule has 1 aliphatic heterocycles. The molecule has 0 saturated heterocycles. The Balaban J connectivity index is 1.67. The number of hydrogen-bond donors (Lipinski definition) is 1. The fourth-order valence-corrected chi connectivity index (χ4v) is 4.54. The van der Waals surface area contributed by atoms with E-state index in [1.165, 1.54) is 0 Å². The van der Waals surface area contributed by atoms with E-state index in [-0.39, 0.29) is 17.2 Å². The van der Waals surface area contributed by atoms with Crippen LogP contribution >= 0.6 is 23.2 Å². The standard InChI is InChI=1S/C23H20Cl2N4O/c1-23(2)11-17-19(18(30)12-23)20(13-3-7-15(24)8-4-13)29-22(26-17)27-21(28-29)14-5-9-16(25)10-6-14/h3-10,20H,11-12H2,1-2H3,(H,26,27,28). The highest BCUT2D eigenvalue weighted by Gasteiger charge is 2.41. The number of rotatable bonds is 2. The topological polar surface area (TPSA) is 59.8 Å². The lowest BCUT2D eigenvalue weighted by Gasteiger charge is -2.38. The number of benzene rings is 2. The molecule has 1 aromatic heterocycles. The van der Waals surface area contributed by atoms with Gasteiger partial charge in [0.15, 0.2) is 11.6 Å². The average molecular weight is 439 g/mol. The van der Waals surface area contributed by atoms with Crippen LogP contribution in [0.1, 0.15) is 38.3 Å². The number of ketones is 1. The largest absolute Gasteiger partial charge is 0.328 e. The second-order valence-corrected chi connectivity index (χ2v) is 9.50. The molecule has 1 unspecified atom stereocenters. The van der Waals surface area contributed by atoms with Gasteiger partial charge in [-0.1, -0.05) is 49.2 Å². The molecule has 5 nitrogen and oxygen atoms in total. The number of nitrogens with one attached hydrogen (secondary N) is 1. The Morgan fingerprint density at radius 1 is 1.00 bits per heavy atom. The Morgan fingerprint density at radius 2 is 1.63 bits per heavy atom. The molecular weight excluding hydrogens is 419 g/mol. The number of halogens is 2. The van der Waals surface area contributed by atoms with Crippen LogP contribution in [0.4, 0.5) is 5.95 Å². The van der Waals surface area contributed by atoms with Crippen LogP contribution in [0.5, 0.6) is 0 Å². The summed E-state index contributed by atoms with van der Waals surface area (Å²) in [6.07, 6.45) is 1.28. The van der Waals surface area contributed by atoms with Crippen LogP contribution in [0.25, 0.3) is 11.4 Å². The smallest absolute Gasteiger partial charge is 0.226 e. The summed E-state index contributed by atoms with van der Waals surface area (Å²) in [4.78, 5) is 18.0. The Labute approximate surface area is 184 Å². The van der Waals surface area contributed by atoms with Crippen molar-refractivity contribution < 1.29 is 4.79 Å². The fraction of sp³-hybridized carbons (Fsp3) is 0.261. The van der Waals surface area contributed by atoms with Gasteiger partial charge in [-0.05, 0) is 53.8 Å². The van der Waals surface area contributed by atoms with Crippen LogP contribution in [0.15, 0.2) is 59.8 Å². The number of Topliss-reactive ketones (excluding diaryl/α,β-unsaturated/α-hetero) is 1. The Morgan fingerprint density at radius 3 is 2.30 bits per heavy atom. The van der Waals surface area contributed by atoms with Crippen molar-refractivity contribution in [3.8, 4) is 11.4 Å². The van der Waals surface area contributed by atoms with Gasteiger partial charge in [0.05, 0.1) is 0 Å². The number of aromatic nitrogens is 3. The van der Waals surface area contributed by atoms with Crippen molar-refractivity contribution in [3.05, 3.63) is 75.4 Å². The number of fused-ring (bicyclic) bond motifs is 1. The van der Waals surface area contributed by atoms with Gasteiger partial charge in [-0.15, -0.1) is 5.10 Å². The van der Waals surface area contributed by atoms with Crippen molar-refractivity contribution in [1.82, 2.24) is 14.8 Å². The van der Waals surface area contributed by atoms with Crippen LogP contribution in [-0.4, -0.2) is 20.5 Å². The molecule has 1 aliphatic carbocycles. The van der Waals surface area contributed by atoms with Gasteiger partial charge in [0.25, 0.3) is 0 Å². The maximum Gasteiger partial charge on any atom is 0.226 e. The van der Waals surface area contributed by atoms with Crippen molar-refractivity contribution in [2.75, 3.05) is 5.32 Å².